The van der Waals surface area contributed by atoms with Gasteiger partial charge in [0.15, 0.2) is 0 Å². The highest BCUT2D eigenvalue weighted by Gasteiger charge is 2.64. The highest BCUT2D eigenvalue weighted by Crippen LogP contribution is 2.49. The number of halogens is 4. The quantitative estimate of drug-likeness (QED) is 0.180. The van der Waals surface area contributed by atoms with Gasteiger partial charge in [-0.05, 0) is 64.2 Å². The van der Waals surface area contributed by atoms with Gasteiger partial charge < -0.3 is 39.2 Å². The van der Waals surface area contributed by atoms with E-state index in [4.69, 9.17) is 30.5 Å². The molecule has 8 atom stereocenters. The standard InChI is InChI=1S/C41H55ClF3N3O10/c1-23-13-12-14-30(55-8)40(54)21-29(56-34(51)22-40)25(3)36-39(5,58-36)31(20-33(50)48(7)28-19-27(17-23)18-24(2)35(28)42)57-37(52)26(4)47(6)32(49)15-10-9-11-16-46-38(53)41(43,44)45/h12-14,18-19,25-26,29-31,36,54H,9-11,15-17,20-22H2,1-8H3,(H,46,53)/b14-12+,23-13+/t25-,26+,29?,30-,31+,36?,39+,40-/m1/s1. The van der Waals surface area contributed by atoms with Crippen LogP contribution in [0.3, 0.4) is 0 Å². The number of unbranched alkanes of at least 4 members (excludes halogenated alkanes) is 2. The minimum atomic E-state index is -4.97. The molecule has 2 N–H and O–H groups in total. The second-order valence-electron chi connectivity index (χ2n) is 15.9. The number of rotatable bonds is 10. The van der Waals surface area contributed by atoms with Gasteiger partial charge >= 0.3 is 24.0 Å². The first kappa shape index (κ1) is 46.7. The van der Waals surface area contributed by atoms with E-state index in [0.717, 1.165) is 16.7 Å². The molecule has 0 radical (unpaired) electrons. The molecule has 322 valence electrons. The van der Waals surface area contributed by atoms with E-state index in [1.807, 2.05) is 32.1 Å². The van der Waals surface area contributed by atoms with E-state index in [1.165, 1.54) is 30.9 Å². The first-order valence-electron chi connectivity index (χ1n) is 19.4. The average Bonchev–Trinajstić information content (AvgIpc) is 3.85. The number of amides is 3. The molecule has 13 nitrogen and oxygen atoms in total. The van der Waals surface area contributed by atoms with Gasteiger partial charge in [0.1, 0.15) is 35.6 Å². The number of alkyl halides is 3. The van der Waals surface area contributed by atoms with Crippen molar-refractivity contribution >= 4 is 46.9 Å². The van der Waals surface area contributed by atoms with Gasteiger partial charge in [-0.25, -0.2) is 4.79 Å². The SMILES string of the molecule is CO[C@@H]1/C=C/C=C(\C)Cc2cc(C)c(Cl)c(c2)N(C)C(=O)C[C@H](OC(=O)[C@H](C)N(C)C(=O)CCCCCNC(=O)C(F)(F)F)[C@]2(C)OC2[C@H](C)C2C[C@@]1(O)CC(=O)O2. The summed E-state index contributed by atoms with van der Waals surface area (Å²) in [5, 5.41) is 14.0. The first-order chi connectivity index (χ1) is 27.0. The molecule has 3 aliphatic heterocycles. The molecule has 58 heavy (non-hydrogen) atoms. The molecule has 3 amide bonds. The van der Waals surface area contributed by atoms with Crippen molar-refractivity contribution in [3.05, 3.63) is 52.1 Å². The van der Waals surface area contributed by atoms with Crippen molar-refractivity contribution in [2.45, 2.75) is 134 Å². The van der Waals surface area contributed by atoms with Crippen molar-refractivity contribution in [2.75, 3.05) is 32.6 Å². The van der Waals surface area contributed by atoms with Gasteiger partial charge in [0, 0.05) is 46.5 Å². The third-order valence-electron chi connectivity index (χ3n) is 11.4. The Hall–Kier alpha value is -3.99. The summed E-state index contributed by atoms with van der Waals surface area (Å²) in [7, 11) is 4.43. The van der Waals surface area contributed by atoms with Gasteiger partial charge in [-0.2, -0.15) is 13.2 Å². The predicted octanol–water partition coefficient (Wildman–Crippen LogP) is 5.30. The average molecular weight is 842 g/mol. The molecular formula is C41H55ClF3N3O10. The zero-order valence-corrected chi connectivity index (χ0v) is 35.0. The molecule has 3 heterocycles. The van der Waals surface area contributed by atoms with Crippen LogP contribution in [0.5, 0.6) is 0 Å². The minimum Gasteiger partial charge on any atom is -0.462 e. The van der Waals surface area contributed by atoms with Crippen LogP contribution in [0.2, 0.25) is 5.02 Å². The van der Waals surface area contributed by atoms with Gasteiger partial charge in [0.25, 0.3) is 0 Å². The van der Waals surface area contributed by atoms with Gasteiger partial charge in [0.2, 0.25) is 11.8 Å². The molecule has 2 unspecified atom stereocenters. The number of carbonyl (C=O) groups excluding carboxylic acids is 5. The Balaban J connectivity index is 1.58. The Morgan fingerprint density at radius 2 is 1.86 bits per heavy atom. The Morgan fingerprint density at radius 3 is 2.52 bits per heavy atom. The largest absolute Gasteiger partial charge is 0.471 e. The number of methoxy groups -OCH3 is 1. The molecular weight excluding hydrogens is 787 g/mol. The molecule has 4 bridgehead atoms. The van der Waals surface area contributed by atoms with Crippen LogP contribution in [-0.4, -0.2) is 115 Å². The number of aryl methyl sites for hydroxylation is 1. The summed E-state index contributed by atoms with van der Waals surface area (Å²) in [6.45, 7) is 8.50. The number of aliphatic hydroxyl groups is 1. The lowest BCUT2D eigenvalue weighted by atomic mass is 9.78. The number of carbonyl (C=O) groups is 5. The molecule has 2 saturated heterocycles. The summed E-state index contributed by atoms with van der Waals surface area (Å²) in [6.07, 6.45) is -2.49. The summed E-state index contributed by atoms with van der Waals surface area (Å²) in [6, 6.07) is 2.63. The van der Waals surface area contributed by atoms with Crippen LogP contribution in [0, 0.1) is 12.8 Å². The van der Waals surface area contributed by atoms with Crippen LogP contribution < -0.4 is 10.2 Å². The Bertz CT molecular complexity index is 1790. The summed E-state index contributed by atoms with van der Waals surface area (Å²) in [4.78, 5) is 67.5. The van der Waals surface area contributed by atoms with Crippen molar-refractivity contribution in [1.82, 2.24) is 10.2 Å². The number of anilines is 1. The lowest BCUT2D eigenvalue weighted by molar-refractivity contribution is -0.187. The number of allylic oxidation sites excluding steroid dienone is 3. The van der Waals surface area contributed by atoms with E-state index in [2.05, 4.69) is 0 Å². The van der Waals surface area contributed by atoms with E-state index in [0.29, 0.717) is 30.0 Å². The second kappa shape index (κ2) is 18.9. The maximum Gasteiger partial charge on any atom is 0.471 e. The van der Waals surface area contributed by atoms with E-state index < -0.39 is 83.4 Å². The number of ether oxygens (including phenoxy) is 4. The summed E-state index contributed by atoms with van der Waals surface area (Å²) >= 11 is 6.76. The molecule has 0 saturated carbocycles. The number of esters is 2. The third kappa shape index (κ3) is 11.2. The first-order valence-corrected chi connectivity index (χ1v) is 19.7. The van der Waals surface area contributed by atoms with Crippen LogP contribution >= 0.6 is 11.6 Å². The number of fused-ring (bicyclic) bond motifs is 5. The molecule has 0 aliphatic carbocycles. The maximum absolute atomic E-state index is 14.1. The van der Waals surface area contributed by atoms with Crippen LogP contribution in [-0.2, 0) is 49.3 Å². The van der Waals surface area contributed by atoms with Crippen molar-refractivity contribution < 1.29 is 61.2 Å². The number of likely N-dealkylation sites (N-methyl/N-ethyl adjacent to an activating group) is 1. The third-order valence-corrected chi connectivity index (χ3v) is 11.9. The predicted molar refractivity (Wildman–Crippen MR) is 208 cm³/mol. The highest BCUT2D eigenvalue weighted by atomic mass is 35.5. The number of hydrogen-bond donors (Lipinski definition) is 2. The van der Waals surface area contributed by atoms with E-state index in [9.17, 15) is 42.3 Å². The Morgan fingerprint density at radius 1 is 1.17 bits per heavy atom. The molecule has 2 fully saturated rings. The fraction of sp³-hybridized carbons (Fsp3) is 0.634. The monoisotopic (exact) mass is 841 g/mol. The van der Waals surface area contributed by atoms with Crippen molar-refractivity contribution in [1.29, 1.82) is 0 Å². The highest BCUT2D eigenvalue weighted by molar-refractivity contribution is 6.34. The number of nitrogens with zero attached hydrogens (tertiary/aromatic N) is 2. The van der Waals surface area contributed by atoms with E-state index in [1.54, 1.807) is 38.4 Å². The van der Waals surface area contributed by atoms with Crippen molar-refractivity contribution in [3.63, 3.8) is 0 Å². The van der Waals surface area contributed by atoms with E-state index in [-0.39, 0.29) is 38.6 Å². The van der Waals surface area contributed by atoms with E-state index >= 15 is 0 Å². The molecule has 1 aromatic rings. The normalized spacial score (nSPS) is 29.9. The molecule has 17 heteroatoms. The maximum atomic E-state index is 14.1. The molecule has 0 aromatic heterocycles. The summed E-state index contributed by atoms with van der Waals surface area (Å²) < 4.78 is 60.9. The van der Waals surface area contributed by atoms with Gasteiger partial charge in [-0.1, -0.05) is 54.8 Å². The van der Waals surface area contributed by atoms with Crippen LogP contribution in [0.1, 0.15) is 83.8 Å². The molecule has 1 aromatic carbocycles. The summed E-state index contributed by atoms with van der Waals surface area (Å²) in [5.74, 6) is -4.89. The lowest BCUT2D eigenvalue weighted by Gasteiger charge is -2.41. The second-order valence-corrected chi connectivity index (χ2v) is 16.3. The number of hydrogen-bond acceptors (Lipinski definition) is 10. The zero-order valence-electron chi connectivity index (χ0n) is 34.2. The van der Waals surface area contributed by atoms with Crippen LogP contribution in [0.15, 0.2) is 35.9 Å². The molecule has 4 rings (SSSR count). The Labute approximate surface area is 342 Å². The van der Waals surface area contributed by atoms with Crippen molar-refractivity contribution in [3.8, 4) is 0 Å². The lowest BCUT2D eigenvalue weighted by Crippen LogP contribution is -2.53. The molecule has 3 aliphatic rings. The topological polar surface area (TPSA) is 164 Å². The number of benzene rings is 1. The number of nitrogens with one attached hydrogen (secondary N) is 1. The van der Waals surface area contributed by atoms with Gasteiger partial charge in [-0.3, -0.25) is 19.2 Å². The molecule has 0 spiro atoms. The Kier molecular flexibility index (Phi) is 15.2. The summed E-state index contributed by atoms with van der Waals surface area (Å²) in [5.41, 5.74) is 0.146. The van der Waals surface area contributed by atoms with Crippen molar-refractivity contribution in [2.24, 2.45) is 5.92 Å². The smallest absolute Gasteiger partial charge is 0.462 e. The fourth-order valence-corrected chi connectivity index (χ4v) is 7.80. The van der Waals surface area contributed by atoms with Crippen LogP contribution in [0.4, 0.5) is 18.9 Å². The van der Waals surface area contributed by atoms with Gasteiger partial charge in [0.05, 0.1) is 29.7 Å². The van der Waals surface area contributed by atoms with Crippen LogP contribution in [0.25, 0.3) is 0 Å². The van der Waals surface area contributed by atoms with Gasteiger partial charge in [-0.15, -0.1) is 0 Å². The zero-order chi connectivity index (χ0) is 43.3. The minimum absolute atomic E-state index is 0.0171. The number of epoxide rings is 1. The fourth-order valence-electron chi connectivity index (χ4n) is 7.56.